The van der Waals surface area contributed by atoms with E-state index in [0.717, 1.165) is 0 Å². The van der Waals surface area contributed by atoms with Gasteiger partial charge in [-0.2, -0.15) is 0 Å². The topological polar surface area (TPSA) is 90.5 Å². The lowest BCUT2D eigenvalue weighted by Gasteiger charge is -2.29. The lowest BCUT2D eigenvalue weighted by molar-refractivity contribution is -0.141. The van der Waals surface area contributed by atoms with E-state index in [4.69, 9.17) is 0 Å². The lowest BCUT2D eigenvalue weighted by atomic mass is 10.1. The van der Waals surface area contributed by atoms with Crippen molar-refractivity contribution in [3.05, 3.63) is 34.2 Å². The molecule has 2 heterocycles. The van der Waals surface area contributed by atoms with Crippen molar-refractivity contribution in [2.45, 2.75) is 25.3 Å². The third-order valence-electron chi connectivity index (χ3n) is 3.17. The van der Waals surface area contributed by atoms with E-state index in [-0.39, 0.29) is 16.9 Å². The molecule has 1 aromatic heterocycles. The van der Waals surface area contributed by atoms with Gasteiger partial charge in [0, 0.05) is 11.9 Å². The van der Waals surface area contributed by atoms with Gasteiger partial charge in [0.15, 0.2) is 0 Å². The number of H-pyrrole nitrogens is 1. The molecule has 108 valence electrons. The molecular weight excluding hydrogens is 280 g/mol. The number of aromatic nitrogens is 1. The molecule has 2 atom stereocenters. The molecule has 0 spiro atoms. The van der Waals surface area contributed by atoms with E-state index in [1.54, 1.807) is 6.07 Å². The molecule has 0 aromatic carbocycles. The maximum absolute atomic E-state index is 12.5. The summed E-state index contributed by atoms with van der Waals surface area (Å²) in [6.45, 7) is 3.86. The standard InChI is InChI=1S/C13H16N2O4S/c1-7(2)12-15(9(6-20-12)13(18)19)11(17)8-4-3-5-14-10(8)16/h3-5,7,9,12H,6H2,1-2H3,(H,14,16)(H,18,19). The average molecular weight is 296 g/mol. The van der Waals surface area contributed by atoms with Gasteiger partial charge in [-0.05, 0) is 18.1 Å². The monoisotopic (exact) mass is 296 g/mol. The van der Waals surface area contributed by atoms with Gasteiger partial charge in [-0.25, -0.2) is 4.79 Å². The average Bonchev–Trinajstić information content (AvgIpc) is 2.83. The van der Waals surface area contributed by atoms with Crippen molar-refractivity contribution in [2.75, 3.05) is 5.75 Å². The second kappa shape index (κ2) is 5.70. The number of nitrogens with one attached hydrogen (secondary N) is 1. The summed E-state index contributed by atoms with van der Waals surface area (Å²) in [5.74, 6) is -1.12. The molecule has 0 saturated carbocycles. The number of carboxylic acids is 1. The molecule has 1 aliphatic heterocycles. The van der Waals surface area contributed by atoms with E-state index >= 15 is 0 Å². The van der Waals surface area contributed by atoms with E-state index in [1.165, 1.54) is 28.9 Å². The van der Waals surface area contributed by atoms with Crippen LogP contribution in [0.3, 0.4) is 0 Å². The molecule has 1 aromatic rings. The fourth-order valence-electron chi connectivity index (χ4n) is 2.22. The fraction of sp³-hybridized carbons (Fsp3) is 0.462. The van der Waals surface area contributed by atoms with Crippen LogP contribution < -0.4 is 5.56 Å². The summed E-state index contributed by atoms with van der Waals surface area (Å²) in [7, 11) is 0. The van der Waals surface area contributed by atoms with Crippen LogP contribution in [0.2, 0.25) is 0 Å². The van der Waals surface area contributed by atoms with Crippen LogP contribution in [0.5, 0.6) is 0 Å². The third kappa shape index (κ3) is 2.58. The highest BCUT2D eigenvalue weighted by Gasteiger charge is 2.43. The number of pyridine rings is 1. The summed E-state index contributed by atoms with van der Waals surface area (Å²) in [6.07, 6.45) is 1.44. The van der Waals surface area contributed by atoms with Gasteiger partial charge >= 0.3 is 5.97 Å². The van der Waals surface area contributed by atoms with Crippen LogP contribution in [0.15, 0.2) is 23.1 Å². The number of hydrogen-bond acceptors (Lipinski definition) is 4. The Balaban J connectivity index is 2.40. The van der Waals surface area contributed by atoms with E-state index in [1.807, 2.05) is 13.8 Å². The van der Waals surface area contributed by atoms with Crippen molar-refractivity contribution in [2.24, 2.45) is 5.92 Å². The third-order valence-corrected chi connectivity index (χ3v) is 4.79. The van der Waals surface area contributed by atoms with Gasteiger partial charge in [0.2, 0.25) is 0 Å². The number of carbonyl (C=O) groups excluding carboxylic acids is 1. The first-order valence-corrected chi connectivity index (χ1v) is 7.33. The second-order valence-electron chi connectivity index (χ2n) is 4.95. The number of aliphatic carboxylic acids is 1. The zero-order valence-electron chi connectivity index (χ0n) is 11.2. The van der Waals surface area contributed by atoms with E-state index in [2.05, 4.69) is 4.98 Å². The second-order valence-corrected chi connectivity index (χ2v) is 6.10. The van der Waals surface area contributed by atoms with Gasteiger partial charge in [-0.3, -0.25) is 9.59 Å². The molecule has 0 bridgehead atoms. The molecule has 1 saturated heterocycles. The Morgan fingerprint density at radius 2 is 2.20 bits per heavy atom. The number of hydrogen-bond donors (Lipinski definition) is 2. The normalized spacial score (nSPS) is 22.2. The minimum absolute atomic E-state index is 0.0214. The van der Waals surface area contributed by atoms with Gasteiger partial charge in [-0.1, -0.05) is 13.8 Å². The maximum Gasteiger partial charge on any atom is 0.327 e. The number of aromatic amines is 1. The van der Waals surface area contributed by atoms with E-state index < -0.39 is 23.5 Å². The molecule has 2 rings (SSSR count). The number of amides is 1. The summed E-state index contributed by atoms with van der Waals surface area (Å²) < 4.78 is 0. The Labute approximate surface area is 120 Å². The smallest absolute Gasteiger partial charge is 0.327 e. The Kier molecular flexibility index (Phi) is 4.17. The summed E-state index contributed by atoms with van der Waals surface area (Å²) in [6, 6.07) is 2.08. The summed E-state index contributed by atoms with van der Waals surface area (Å²) in [4.78, 5) is 39.3. The van der Waals surface area contributed by atoms with Crippen LogP contribution >= 0.6 is 11.8 Å². The van der Waals surface area contributed by atoms with Crippen molar-refractivity contribution < 1.29 is 14.7 Å². The Bertz CT molecular complexity index is 584. The molecule has 1 amide bonds. The predicted molar refractivity (Wildman–Crippen MR) is 75.7 cm³/mol. The molecule has 6 nitrogen and oxygen atoms in total. The number of carboxylic acid groups (broad SMARTS) is 1. The summed E-state index contributed by atoms with van der Waals surface area (Å²) in [5.41, 5.74) is -0.520. The Morgan fingerprint density at radius 1 is 1.50 bits per heavy atom. The van der Waals surface area contributed by atoms with Gasteiger partial charge in [0.05, 0.1) is 5.37 Å². The molecule has 2 N–H and O–H groups in total. The lowest BCUT2D eigenvalue weighted by Crippen LogP contribution is -2.48. The Morgan fingerprint density at radius 3 is 2.75 bits per heavy atom. The number of nitrogens with zero attached hydrogens (tertiary/aromatic N) is 1. The largest absolute Gasteiger partial charge is 0.480 e. The van der Waals surface area contributed by atoms with Crippen LogP contribution in [0.4, 0.5) is 0 Å². The molecule has 1 aliphatic rings. The van der Waals surface area contributed by atoms with Crippen molar-refractivity contribution in [3.8, 4) is 0 Å². The van der Waals surface area contributed by atoms with Crippen LogP contribution in [-0.2, 0) is 4.79 Å². The maximum atomic E-state index is 12.5. The highest BCUT2D eigenvalue weighted by Crippen LogP contribution is 2.34. The minimum atomic E-state index is -1.04. The SMILES string of the molecule is CC(C)C1SCC(C(=O)O)N1C(=O)c1ccc[nH]c1=O. The number of thioether (sulfide) groups is 1. The quantitative estimate of drug-likeness (QED) is 0.868. The summed E-state index contributed by atoms with van der Waals surface area (Å²) >= 11 is 1.44. The van der Waals surface area contributed by atoms with Crippen LogP contribution in [0.25, 0.3) is 0 Å². The van der Waals surface area contributed by atoms with Crippen molar-refractivity contribution >= 4 is 23.6 Å². The first kappa shape index (κ1) is 14.6. The molecular formula is C13H16N2O4S. The fourth-order valence-corrected chi connectivity index (χ4v) is 3.69. The minimum Gasteiger partial charge on any atom is -0.480 e. The molecule has 7 heteroatoms. The molecule has 1 fully saturated rings. The molecule has 20 heavy (non-hydrogen) atoms. The molecule has 2 unspecified atom stereocenters. The highest BCUT2D eigenvalue weighted by molar-refractivity contribution is 8.00. The predicted octanol–water partition coefficient (Wildman–Crippen LogP) is 0.999. The van der Waals surface area contributed by atoms with Crippen molar-refractivity contribution in [1.82, 2.24) is 9.88 Å². The van der Waals surface area contributed by atoms with Crippen LogP contribution in [0, 0.1) is 5.92 Å². The first-order chi connectivity index (χ1) is 9.43. The van der Waals surface area contributed by atoms with Gasteiger partial charge in [0.1, 0.15) is 11.6 Å². The Hall–Kier alpha value is -1.76. The van der Waals surface area contributed by atoms with Gasteiger partial charge in [-0.15, -0.1) is 11.8 Å². The first-order valence-electron chi connectivity index (χ1n) is 6.28. The number of rotatable bonds is 3. The molecule has 0 radical (unpaired) electrons. The van der Waals surface area contributed by atoms with E-state index in [9.17, 15) is 19.5 Å². The molecule has 0 aliphatic carbocycles. The van der Waals surface area contributed by atoms with Crippen LogP contribution in [0.1, 0.15) is 24.2 Å². The van der Waals surface area contributed by atoms with Gasteiger partial charge < -0.3 is 15.0 Å². The highest BCUT2D eigenvalue weighted by atomic mass is 32.2. The van der Waals surface area contributed by atoms with Gasteiger partial charge in [0.25, 0.3) is 11.5 Å². The van der Waals surface area contributed by atoms with E-state index in [0.29, 0.717) is 5.75 Å². The zero-order valence-corrected chi connectivity index (χ0v) is 12.0. The summed E-state index contributed by atoms with van der Waals surface area (Å²) in [5, 5.41) is 9.02. The van der Waals surface area contributed by atoms with Crippen molar-refractivity contribution in [1.29, 1.82) is 0 Å². The van der Waals surface area contributed by atoms with Crippen LogP contribution in [-0.4, -0.2) is 44.0 Å². The zero-order chi connectivity index (χ0) is 14.9. The van der Waals surface area contributed by atoms with Crippen molar-refractivity contribution in [3.63, 3.8) is 0 Å². The number of carbonyl (C=O) groups is 2.